The third kappa shape index (κ3) is 3.92. The molecule has 0 aliphatic heterocycles. The van der Waals surface area contributed by atoms with E-state index >= 15 is 0 Å². The number of fused-ring (bicyclic) bond motifs is 11. The van der Waals surface area contributed by atoms with E-state index in [1.807, 2.05) is 6.07 Å². The van der Waals surface area contributed by atoms with Gasteiger partial charge in [-0.1, -0.05) is 102 Å². The molecular weight excluding hydrogens is 658 g/mol. The average molecular weight is 682 g/mol. The Labute approximate surface area is 293 Å². The van der Waals surface area contributed by atoms with E-state index in [4.69, 9.17) is 16.6 Å². The summed E-state index contributed by atoms with van der Waals surface area (Å²) in [6.07, 6.45) is 0. The van der Waals surface area contributed by atoms with Crippen LogP contribution < -0.4 is 0 Å². The Morgan fingerprint density at radius 1 is 0.469 bits per heavy atom. The van der Waals surface area contributed by atoms with Crippen molar-refractivity contribution in [2.75, 3.05) is 0 Å². The lowest BCUT2D eigenvalue weighted by molar-refractivity contribution is 1.15. The summed E-state index contributed by atoms with van der Waals surface area (Å²) in [7, 11) is 0. The van der Waals surface area contributed by atoms with E-state index in [1.54, 1.807) is 22.7 Å². The van der Waals surface area contributed by atoms with Crippen molar-refractivity contribution in [3.8, 4) is 21.9 Å². The quantitative estimate of drug-likeness (QED) is 0.182. The Bertz CT molecular complexity index is 3130. The van der Waals surface area contributed by atoms with E-state index in [-0.39, 0.29) is 0 Å². The number of hydrogen-bond donors (Lipinski definition) is 0. The molecule has 0 aliphatic carbocycles. The van der Waals surface area contributed by atoms with E-state index < -0.39 is 0 Å². The topological polar surface area (TPSA) is 22.8 Å². The molecule has 0 atom stereocenters. The molecule has 0 saturated carbocycles. The van der Waals surface area contributed by atoms with Gasteiger partial charge in [-0.25, -0.2) is 4.98 Å². The lowest BCUT2D eigenvalue weighted by atomic mass is 9.98. The zero-order valence-corrected chi connectivity index (χ0v) is 28.3. The summed E-state index contributed by atoms with van der Waals surface area (Å²) in [6, 6.07) is 52.3. The predicted octanol–water partition coefficient (Wildman–Crippen LogP) is 13.2. The molecule has 4 heterocycles. The van der Waals surface area contributed by atoms with Crippen molar-refractivity contribution < 1.29 is 0 Å². The Balaban J connectivity index is 1.18. The van der Waals surface area contributed by atoms with E-state index in [2.05, 4.69) is 149 Å². The molecular formula is C43H24ClN3S2. The van der Waals surface area contributed by atoms with Gasteiger partial charge in [-0.2, -0.15) is 0 Å². The number of nitrogens with zero attached hydrogens (tertiary/aromatic N) is 3. The van der Waals surface area contributed by atoms with Crippen LogP contribution in [0.4, 0.5) is 0 Å². The highest BCUT2D eigenvalue weighted by Gasteiger charge is 2.21. The number of halogens is 1. The third-order valence-corrected chi connectivity index (χ3v) is 12.2. The minimum Gasteiger partial charge on any atom is -0.309 e. The molecule has 7 aromatic carbocycles. The molecule has 0 unspecified atom stereocenters. The number of hydrogen-bond acceptors (Lipinski definition) is 3. The third-order valence-electron chi connectivity index (χ3n) is 9.83. The summed E-state index contributed by atoms with van der Waals surface area (Å²) in [5, 5.41) is 9.03. The molecule has 0 fully saturated rings. The summed E-state index contributed by atoms with van der Waals surface area (Å²) < 4.78 is 8.37. The number of rotatable bonds is 3. The van der Waals surface area contributed by atoms with E-state index in [0.29, 0.717) is 0 Å². The van der Waals surface area contributed by atoms with Crippen molar-refractivity contribution in [3.05, 3.63) is 151 Å². The highest BCUT2D eigenvalue weighted by molar-refractivity contribution is 7.26. The summed E-state index contributed by atoms with van der Waals surface area (Å²) in [5.74, 6) is 0. The molecule has 11 aromatic rings. The monoisotopic (exact) mass is 681 g/mol. The molecule has 0 saturated heterocycles. The summed E-state index contributed by atoms with van der Waals surface area (Å²) >= 11 is 10.0. The van der Waals surface area contributed by atoms with Crippen molar-refractivity contribution in [2.24, 2.45) is 0 Å². The summed E-state index contributed by atoms with van der Waals surface area (Å²) in [6.45, 7) is 0. The number of thiazole rings is 1. The van der Waals surface area contributed by atoms with Gasteiger partial charge in [0.15, 0.2) is 5.13 Å². The largest absolute Gasteiger partial charge is 0.309 e. The van der Waals surface area contributed by atoms with Gasteiger partial charge < -0.3 is 4.57 Å². The van der Waals surface area contributed by atoms with Crippen LogP contribution in [0.3, 0.4) is 0 Å². The van der Waals surface area contributed by atoms with E-state index in [0.717, 1.165) is 32.4 Å². The normalized spacial score (nSPS) is 12.2. The van der Waals surface area contributed by atoms with Gasteiger partial charge in [0.25, 0.3) is 0 Å². The van der Waals surface area contributed by atoms with Gasteiger partial charge in [0, 0.05) is 52.4 Å². The van der Waals surface area contributed by atoms with Crippen LogP contribution in [0, 0.1) is 0 Å². The standard InChI is InChI=1S/C43H24ClN3S2/c44-26-18-20-37-32(24-26)41-38(48-37)21-22-39-42(41)45-43(49-39)47-34-15-7-5-12-31(34)40-28(13-8-16-35(40)47)25-17-19-30-29-11-4-6-14-33(29)46(36(30)23-25)27-9-2-1-3-10-27/h1-24H. The number of para-hydroxylation sites is 3. The maximum Gasteiger partial charge on any atom is 0.195 e. The maximum atomic E-state index is 6.48. The molecule has 230 valence electrons. The van der Waals surface area contributed by atoms with Gasteiger partial charge in [-0.15, -0.1) is 11.3 Å². The van der Waals surface area contributed by atoms with Gasteiger partial charge >= 0.3 is 0 Å². The first-order chi connectivity index (χ1) is 24.2. The highest BCUT2D eigenvalue weighted by atomic mass is 35.5. The smallest absolute Gasteiger partial charge is 0.195 e. The van der Waals surface area contributed by atoms with Crippen LogP contribution in [0.25, 0.3) is 95.9 Å². The Hall–Kier alpha value is -5.46. The van der Waals surface area contributed by atoms with Crippen molar-refractivity contribution >= 4 is 108 Å². The van der Waals surface area contributed by atoms with Crippen LogP contribution >= 0.6 is 34.3 Å². The second-order valence-electron chi connectivity index (χ2n) is 12.5. The fourth-order valence-electron chi connectivity index (χ4n) is 7.77. The molecule has 0 bridgehead atoms. The van der Waals surface area contributed by atoms with Crippen molar-refractivity contribution in [1.29, 1.82) is 0 Å². The van der Waals surface area contributed by atoms with Crippen molar-refractivity contribution in [3.63, 3.8) is 0 Å². The first-order valence-corrected chi connectivity index (χ1v) is 18.3. The number of benzene rings is 7. The van der Waals surface area contributed by atoms with E-state index in [9.17, 15) is 0 Å². The molecule has 0 spiro atoms. The molecule has 0 aliphatic rings. The van der Waals surface area contributed by atoms with Gasteiger partial charge in [0.1, 0.15) is 0 Å². The summed E-state index contributed by atoms with van der Waals surface area (Å²) in [4.78, 5) is 5.39. The Morgan fingerprint density at radius 2 is 1.18 bits per heavy atom. The lowest BCUT2D eigenvalue weighted by Gasteiger charge is -2.10. The lowest BCUT2D eigenvalue weighted by Crippen LogP contribution is -1.93. The average Bonchev–Trinajstić information content (AvgIpc) is 3.90. The fraction of sp³-hybridized carbons (Fsp3) is 0. The fourth-order valence-corrected chi connectivity index (χ4v) is 10.0. The second-order valence-corrected chi connectivity index (χ2v) is 15.0. The molecule has 4 aromatic heterocycles. The molecule has 11 rings (SSSR count). The Morgan fingerprint density at radius 3 is 2.06 bits per heavy atom. The van der Waals surface area contributed by atoms with Gasteiger partial charge in [-0.05, 0) is 77.9 Å². The maximum absolute atomic E-state index is 6.48. The van der Waals surface area contributed by atoms with Crippen LogP contribution in [0.2, 0.25) is 5.02 Å². The van der Waals surface area contributed by atoms with Crippen LogP contribution in [0.5, 0.6) is 0 Å². The SMILES string of the molecule is Clc1ccc2sc3ccc4sc(-n5c6ccccc6c6c(-c7ccc8c9ccccc9n(-c9ccccc9)c8c7)cccc65)nc4c3c2c1. The first kappa shape index (κ1) is 27.5. The molecule has 0 radical (unpaired) electrons. The van der Waals surface area contributed by atoms with Crippen LogP contribution in [-0.2, 0) is 0 Å². The molecule has 49 heavy (non-hydrogen) atoms. The number of thiophene rings is 1. The first-order valence-electron chi connectivity index (χ1n) is 16.2. The predicted molar refractivity (Wildman–Crippen MR) is 212 cm³/mol. The van der Waals surface area contributed by atoms with Gasteiger partial charge in [0.05, 0.1) is 32.3 Å². The Kier molecular flexibility index (Phi) is 5.76. The molecule has 0 amide bonds. The minimum absolute atomic E-state index is 0.747. The van der Waals surface area contributed by atoms with Crippen LogP contribution in [0.1, 0.15) is 0 Å². The zero-order chi connectivity index (χ0) is 32.2. The highest BCUT2D eigenvalue weighted by Crippen LogP contribution is 2.44. The molecule has 6 heteroatoms. The number of aromatic nitrogens is 3. The van der Waals surface area contributed by atoms with Gasteiger partial charge in [0.2, 0.25) is 0 Å². The van der Waals surface area contributed by atoms with Crippen molar-refractivity contribution in [2.45, 2.75) is 0 Å². The second kappa shape index (κ2) is 10.3. The van der Waals surface area contributed by atoms with Crippen molar-refractivity contribution in [1.82, 2.24) is 14.1 Å². The van der Waals surface area contributed by atoms with Crippen LogP contribution in [-0.4, -0.2) is 14.1 Å². The van der Waals surface area contributed by atoms with Crippen LogP contribution in [0.15, 0.2) is 146 Å². The van der Waals surface area contributed by atoms with Gasteiger partial charge in [-0.3, -0.25) is 4.57 Å². The molecule has 0 N–H and O–H groups in total. The zero-order valence-electron chi connectivity index (χ0n) is 25.9. The van der Waals surface area contributed by atoms with E-state index in [1.165, 1.54) is 68.6 Å². The molecule has 3 nitrogen and oxygen atoms in total. The summed E-state index contributed by atoms with van der Waals surface area (Å²) in [5.41, 5.74) is 9.30. The minimum atomic E-state index is 0.747.